The van der Waals surface area contributed by atoms with Gasteiger partial charge in [0.2, 0.25) is 0 Å². The van der Waals surface area contributed by atoms with Crippen LogP contribution in [-0.4, -0.2) is 18.8 Å². The van der Waals surface area contributed by atoms with Crippen molar-refractivity contribution in [2.45, 2.75) is 0 Å². The molecule has 1 aromatic carbocycles. The molecule has 13 heavy (non-hydrogen) atoms. The van der Waals surface area contributed by atoms with Gasteiger partial charge in [0, 0.05) is 5.02 Å². The Kier molecular flexibility index (Phi) is 4.06. The quantitative estimate of drug-likeness (QED) is 0.574. The SMILES string of the molecule is O=Cc1ccc(Cl)cc1OCCCl. The van der Waals surface area contributed by atoms with Crippen LogP contribution in [0.5, 0.6) is 5.75 Å². The maximum Gasteiger partial charge on any atom is 0.153 e. The van der Waals surface area contributed by atoms with Gasteiger partial charge in [-0.15, -0.1) is 11.6 Å². The molecule has 0 aromatic heterocycles. The van der Waals surface area contributed by atoms with Crippen molar-refractivity contribution in [3.8, 4) is 5.75 Å². The number of carbonyl (C=O) groups excluding carboxylic acids is 1. The summed E-state index contributed by atoms with van der Waals surface area (Å²) in [7, 11) is 0. The first-order valence-corrected chi connectivity index (χ1v) is 4.62. The van der Waals surface area contributed by atoms with Crippen LogP contribution in [0.25, 0.3) is 0 Å². The van der Waals surface area contributed by atoms with E-state index in [2.05, 4.69) is 0 Å². The second kappa shape index (κ2) is 5.10. The Morgan fingerprint density at radius 2 is 2.23 bits per heavy atom. The molecule has 1 rings (SSSR count). The molecule has 0 amide bonds. The second-order valence-electron chi connectivity index (χ2n) is 2.34. The minimum absolute atomic E-state index is 0.364. The van der Waals surface area contributed by atoms with E-state index in [1.807, 2.05) is 0 Å². The maximum atomic E-state index is 10.5. The molecule has 4 heteroatoms. The lowest BCUT2D eigenvalue weighted by Gasteiger charge is -2.06. The fourth-order valence-corrected chi connectivity index (χ4v) is 1.12. The Morgan fingerprint density at radius 3 is 2.85 bits per heavy atom. The van der Waals surface area contributed by atoms with Gasteiger partial charge in [0.25, 0.3) is 0 Å². The molecule has 0 saturated heterocycles. The predicted molar refractivity (Wildman–Crippen MR) is 53.1 cm³/mol. The monoisotopic (exact) mass is 218 g/mol. The van der Waals surface area contributed by atoms with Gasteiger partial charge in [-0.25, -0.2) is 0 Å². The zero-order valence-electron chi connectivity index (χ0n) is 6.80. The van der Waals surface area contributed by atoms with E-state index < -0.39 is 0 Å². The minimum atomic E-state index is 0.364. The van der Waals surface area contributed by atoms with E-state index in [-0.39, 0.29) is 0 Å². The van der Waals surface area contributed by atoms with Crippen molar-refractivity contribution < 1.29 is 9.53 Å². The summed E-state index contributed by atoms with van der Waals surface area (Å²) in [6.45, 7) is 0.364. The lowest BCUT2D eigenvalue weighted by Crippen LogP contribution is -2.00. The van der Waals surface area contributed by atoms with Gasteiger partial charge in [-0.05, 0) is 18.2 Å². The van der Waals surface area contributed by atoms with E-state index in [1.165, 1.54) is 0 Å². The van der Waals surface area contributed by atoms with Crippen LogP contribution in [0.4, 0.5) is 0 Å². The predicted octanol–water partition coefficient (Wildman–Crippen LogP) is 2.77. The van der Waals surface area contributed by atoms with Gasteiger partial charge in [-0.1, -0.05) is 11.6 Å². The number of aldehydes is 1. The number of carbonyl (C=O) groups is 1. The number of alkyl halides is 1. The molecule has 0 unspecified atom stereocenters. The van der Waals surface area contributed by atoms with Crippen molar-refractivity contribution in [3.63, 3.8) is 0 Å². The highest BCUT2D eigenvalue weighted by molar-refractivity contribution is 6.30. The lowest BCUT2D eigenvalue weighted by molar-refractivity contribution is 0.112. The third-order valence-corrected chi connectivity index (χ3v) is 1.83. The summed E-state index contributed by atoms with van der Waals surface area (Å²) in [5, 5.41) is 0.537. The molecule has 0 atom stereocenters. The highest BCUT2D eigenvalue weighted by atomic mass is 35.5. The first-order valence-electron chi connectivity index (χ1n) is 3.71. The topological polar surface area (TPSA) is 26.3 Å². The van der Waals surface area contributed by atoms with E-state index in [0.29, 0.717) is 28.8 Å². The molecule has 0 aliphatic carbocycles. The molecule has 0 aliphatic rings. The molecule has 0 bridgehead atoms. The number of halogens is 2. The largest absolute Gasteiger partial charge is 0.492 e. The number of hydrogen-bond donors (Lipinski definition) is 0. The van der Waals surface area contributed by atoms with Crippen LogP contribution in [0.1, 0.15) is 10.4 Å². The highest BCUT2D eigenvalue weighted by Gasteiger charge is 2.02. The van der Waals surface area contributed by atoms with Crippen molar-refractivity contribution in [2.75, 3.05) is 12.5 Å². The molecular formula is C9H8Cl2O2. The maximum absolute atomic E-state index is 10.5. The average molecular weight is 219 g/mol. The Morgan fingerprint density at radius 1 is 1.46 bits per heavy atom. The van der Waals surface area contributed by atoms with Crippen LogP contribution < -0.4 is 4.74 Å². The zero-order valence-corrected chi connectivity index (χ0v) is 8.31. The van der Waals surface area contributed by atoms with Crippen molar-refractivity contribution in [3.05, 3.63) is 28.8 Å². The van der Waals surface area contributed by atoms with Gasteiger partial charge in [0.1, 0.15) is 12.4 Å². The Balaban J connectivity index is 2.87. The van der Waals surface area contributed by atoms with Crippen molar-refractivity contribution >= 4 is 29.5 Å². The summed E-state index contributed by atoms with van der Waals surface area (Å²) >= 11 is 11.2. The Bertz CT molecular complexity index is 300. The molecular weight excluding hydrogens is 211 g/mol. The summed E-state index contributed by atoms with van der Waals surface area (Å²) in [6.07, 6.45) is 0.722. The van der Waals surface area contributed by atoms with Crippen LogP contribution in [0.3, 0.4) is 0 Å². The molecule has 0 N–H and O–H groups in total. The normalized spacial score (nSPS) is 9.69. The van der Waals surface area contributed by atoms with Gasteiger partial charge < -0.3 is 4.74 Å². The Hall–Kier alpha value is -0.730. The second-order valence-corrected chi connectivity index (χ2v) is 3.15. The minimum Gasteiger partial charge on any atom is -0.492 e. The van der Waals surface area contributed by atoms with Gasteiger partial charge in [-0.2, -0.15) is 0 Å². The van der Waals surface area contributed by atoms with Crippen LogP contribution in [-0.2, 0) is 0 Å². The molecule has 2 nitrogen and oxygen atoms in total. The zero-order chi connectivity index (χ0) is 9.68. The summed E-state index contributed by atoms with van der Waals surface area (Å²) in [5.74, 6) is 0.855. The van der Waals surface area contributed by atoms with Gasteiger partial charge in [0.15, 0.2) is 6.29 Å². The first kappa shape index (κ1) is 10.4. The molecule has 0 saturated carbocycles. The number of hydrogen-bond acceptors (Lipinski definition) is 2. The molecule has 0 aliphatic heterocycles. The van der Waals surface area contributed by atoms with Gasteiger partial charge in [0.05, 0.1) is 11.4 Å². The van der Waals surface area contributed by atoms with Crippen LogP contribution in [0.2, 0.25) is 5.02 Å². The fraction of sp³-hybridized carbons (Fsp3) is 0.222. The van der Waals surface area contributed by atoms with Crippen molar-refractivity contribution in [1.29, 1.82) is 0 Å². The molecule has 0 fully saturated rings. The molecule has 70 valence electrons. The first-order chi connectivity index (χ1) is 6.27. The van der Waals surface area contributed by atoms with E-state index in [0.717, 1.165) is 6.29 Å². The Labute approximate surface area is 86.4 Å². The van der Waals surface area contributed by atoms with E-state index in [4.69, 9.17) is 27.9 Å². The molecule has 0 spiro atoms. The number of ether oxygens (including phenoxy) is 1. The van der Waals surface area contributed by atoms with Crippen LogP contribution in [0.15, 0.2) is 18.2 Å². The summed E-state index contributed by atoms with van der Waals surface area (Å²) in [5.41, 5.74) is 0.481. The molecule has 0 radical (unpaired) electrons. The van der Waals surface area contributed by atoms with Crippen LogP contribution >= 0.6 is 23.2 Å². The van der Waals surface area contributed by atoms with E-state index >= 15 is 0 Å². The molecule has 1 aromatic rings. The lowest BCUT2D eigenvalue weighted by atomic mass is 10.2. The third-order valence-electron chi connectivity index (χ3n) is 1.44. The molecule has 0 heterocycles. The van der Waals surface area contributed by atoms with Crippen molar-refractivity contribution in [1.82, 2.24) is 0 Å². The van der Waals surface area contributed by atoms with E-state index in [9.17, 15) is 4.79 Å². The smallest absolute Gasteiger partial charge is 0.153 e. The summed E-state index contributed by atoms with van der Waals surface area (Å²) in [4.78, 5) is 10.5. The van der Waals surface area contributed by atoms with Gasteiger partial charge in [-0.3, -0.25) is 4.79 Å². The van der Waals surface area contributed by atoms with Crippen LogP contribution in [0, 0.1) is 0 Å². The van der Waals surface area contributed by atoms with Gasteiger partial charge >= 0.3 is 0 Å². The highest BCUT2D eigenvalue weighted by Crippen LogP contribution is 2.21. The standard InChI is InChI=1S/C9H8Cl2O2/c10-3-4-13-9-5-8(11)2-1-7(9)6-12/h1-2,5-6H,3-4H2. The summed E-state index contributed by atoms with van der Waals surface area (Å²) < 4.78 is 5.21. The average Bonchev–Trinajstić information content (AvgIpc) is 2.15. The summed E-state index contributed by atoms with van der Waals surface area (Å²) in [6, 6.07) is 4.84. The van der Waals surface area contributed by atoms with Crippen molar-refractivity contribution in [2.24, 2.45) is 0 Å². The fourth-order valence-electron chi connectivity index (χ4n) is 0.879. The third kappa shape index (κ3) is 2.90. The van der Waals surface area contributed by atoms with E-state index in [1.54, 1.807) is 18.2 Å². The number of benzene rings is 1. The number of rotatable bonds is 4.